The summed E-state index contributed by atoms with van der Waals surface area (Å²) in [5, 5.41) is 0. The number of aryl methyl sites for hydroxylation is 1. The van der Waals surface area contributed by atoms with Crippen LogP contribution in [0.3, 0.4) is 0 Å². The molecule has 0 saturated carbocycles. The molecule has 6 nitrogen and oxygen atoms in total. The van der Waals surface area contributed by atoms with Crippen molar-refractivity contribution in [3.05, 3.63) is 65.5 Å². The first-order chi connectivity index (χ1) is 12.3. The Morgan fingerprint density at radius 2 is 1.96 bits per heavy atom. The number of nitrogens with zero attached hydrogens (tertiary/aromatic N) is 1. The largest absolute Gasteiger partial charge is 0.443 e. The van der Waals surface area contributed by atoms with E-state index in [0.29, 0.717) is 11.3 Å². The van der Waals surface area contributed by atoms with Gasteiger partial charge in [-0.2, -0.15) is 0 Å². The maximum atomic E-state index is 13.3. The lowest BCUT2D eigenvalue weighted by Gasteiger charge is -2.13. The number of halogens is 1. The molecular formula is C18H19FN2O4S. The first kappa shape index (κ1) is 18.3. The molecule has 3 rings (SSSR count). The number of benzene rings is 2. The van der Waals surface area contributed by atoms with Gasteiger partial charge in [-0.3, -0.25) is 4.90 Å². The van der Waals surface area contributed by atoms with Crippen molar-refractivity contribution in [2.24, 2.45) is 0 Å². The molecule has 1 saturated heterocycles. The van der Waals surface area contributed by atoms with Crippen molar-refractivity contribution in [1.29, 1.82) is 0 Å². The topological polar surface area (TPSA) is 75.7 Å². The van der Waals surface area contributed by atoms with Gasteiger partial charge in [-0.25, -0.2) is 22.3 Å². The highest BCUT2D eigenvalue weighted by Crippen LogP contribution is 2.22. The average molecular weight is 378 g/mol. The van der Waals surface area contributed by atoms with Crippen LogP contribution in [0.4, 0.5) is 14.9 Å². The summed E-state index contributed by atoms with van der Waals surface area (Å²) < 4.78 is 45.3. The van der Waals surface area contributed by atoms with Gasteiger partial charge in [0.25, 0.3) is 0 Å². The van der Waals surface area contributed by atoms with Crippen molar-refractivity contribution in [2.75, 3.05) is 18.0 Å². The van der Waals surface area contributed by atoms with E-state index in [0.717, 1.165) is 5.56 Å². The molecule has 1 N–H and O–H groups in total. The van der Waals surface area contributed by atoms with E-state index in [9.17, 15) is 17.6 Å². The number of ether oxygens (including phenoxy) is 1. The first-order valence-corrected chi connectivity index (χ1v) is 9.74. The van der Waals surface area contributed by atoms with Crippen molar-refractivity contribution >= 4 is 21.8 Å². The maximum Gasteiger partial charge on any atom is 0.414 e. The third-order valence-electron chi connectivity index (χ3n) is 4.00. The fourth-order valence-electron chi connectivity index (χ4n) is 2.66. The van der Waals surface area contributed by atoms with Crippen LogP contribution in [0.25, 0.3) is 0 Å². The van der Waals surface area contributed by atoms with Crippen LogP contribution in [0.1, 0.15) is 11.1 Å². The Kier molecular flexibility index (Phi) is 5.24. The van der Waals surface area contributed by atoms with Crippen molar-refractivity contribution in [3.63, 3.8) is 0 Å². The van der Waals surface area contributed by atoms with E-state index in [2.05, 4.69) is 4.72 Å². The van der Waals surface area contributed by atoms with Gasteiger partial charge in [0, 0.05) is 6.54 Å². The lowest BCUT2D eigenvalue weighted by atomic mass is 10.2. The number of carbonyl (C=O) groups is 1. The monoisotopic (exact) mass is 378 g/mol. The minimum Gasteiger partial charge on any atom is -0.443 e. The summed E-state index contributed by atoms with van der Waals surface area (Å²) >= 11 is 0. The fourth-order valence-corrected chi connectivity index (χ4v) is 3.83. The van der Waals surface area contributed by atoms with E-state index in [1.165, 1.54) is 23.1 Å². The quantitative estimate of drug-likeness (QED) is 0.838. The molecule has 2 aromatic rings. The van der Waals surface area contributed by atoms with E-state index in [1.54, 1.807) is 18.2 Å². The highest BCUT2D eigenvalue weighted by atomic mass is 32.2. The zero-order valence-corrected chi connectivity index (χ0v) is 15.0. The lowest BCUT2D eigenvalue weighted by Crippen LogP contribution is -2.35. The number of amides is 1. The number of carbonyl (C=O) groups excluding carboxylic acids is 1. The molecule has 0 spiro atoms. The summed E-state index contributed by atoms with van der Waals surface area (Å²) in [6, 6.07) is 12.8. The number of rotatable bonds is 6. The van der Waals surface area contributed by atoms with E-state index in [1.807, 2.05) is 19.1 Å². The molecule has 0 aromatic heterocycles. The van der Waals surface area contributed by atoms with Gasteiger partial charge in [-0.15, -0.1) is 0 Å². The molecule has 1 fully saturated rings. The third kappa shape index (κ3) is 4.59. The second-order valence-electron chi connectivity index (χ2n) is 6.19. The minimum atomic E-state index is -3.56. The molecule has 1 heterocycles. The summed E-state index contributed by atoms with van der Waals surface area (Å²) in [5.74, 6) is -0.612. The number of anilines is 1. The Morgan fingerprint density at radius 1 is 1.23 bits per heavy atom. The summed E-state index contributed by atoms with van der Waals surface area (Å²) in [6.45, 7) is 2.04. The van der Waals surface area contributed by atoms with E-state index in [4.69, 9.17) is 4.74 Å². The molecule has 1 amide bonds. The predicted octanol–water partition coefficient (Wildman–Crippen LogP) is 2.58. The zero-order valence-electron chi connectivity index (χ0n) is 14.2. The van der Waals surface area contributed by atoms with Gasteiger partial charge in [-0.1, -0.05) is 35.9 Å². The number of cyclic esters (lactones) is 1. The molecule has 1 unspecified atom stereocenters. The Morgan fingerprint density at radius 3 is 2.65 bits per heavy atom. The van der Waals surface area contributed by atoms with Gasteiger partial charge in [0.05, 0.1) is 18.0 Å². The maximum absolute atomic E-state index is 13.3. The summed E-state index contributed by atoms with van der Waals surface area (Å²) in [7, 11) is -3.56. The van der Waals surface area contributed by atoms with Crippen LogP contribution in [-0.4, -0.2) is 33.7 Å². The minimum absolute atomic E-state index is 0.0360. The van der Waals surface area contributed by atoms with Crippen molar-refractivity contribution in [1.82, 2.24) is 4.72 Å². The lowest BCUT2D eigenvalue weighted by molar-refractivity contribution is 0.143. The molecule has 1 aliphatic rings. The van der Waals surface area contributed by atoms with Crippen molar-refractivity contribution < 1.29 is 22.3 Å². The second-order valence-corrected chi connectivity index (χ2v) is 8.00. The van der Waals surface area contributed by atoms with E-state index >= 15 is 0 Å². The molecule has 0 aliphatic carbocycles. The van der Waals surface area contributed by atoms with Crippen LogP contribution in [-0.2, 0) is 20.5 Å². The molecule has 138 valence electrons. The Labute approximate surface area is 151 Å². The van der Waals surface area contributed by atoms with Gasteiger partial charge in [0.15, 0.2) is 0 Å². The molecular weight excluding hydrogens is 359 g/mol. The number of hydrogen-bond donors (Lipinski definition) is 1. The standard InChI is InChI=1S/C18H19FN2O4S/c1-13-5-7-14(8-6-13)12-26(23,24)20-10-17-11-21(18(22)25-17)16-4-2-3-15(19)9-16/h2-9,17,20H,10-12H2,1H3. The van der Waals surface area contributed by atoms with Crippen LogP contribution in [0.2, 0.25) is 0 Å². The SMILES string of the molecule is Cc1ccc(CS(=O)(=O)NCC2CN(c3cccc(F)c3)C(=O)O2)cc1. The van der Waals surface area contributed by atoms with Crippen LogP contribution in [0.15, 0.2) is 48.5 Å². The van der Waals surface area contributed by atoms with Crippen molar-refractivity contribution in [2.45, 2.75) is 18.8 Å². The highest BCUT2D eigenvalue weighted by molar-refractivity contribution is 7.88. The van der Waals surface area contributed by atoms with Gasteiger partial charge in [-0.05, 0) is 30.7 Å². The Balaban J connectivity index is 1.58. The normalized spacial score (nSPS) is 17.4. The van der Waals surface area contributed by atoms with Crippen LogP contribution in [0.5, 0.6) is 0 Å². The summed E-state index contributed by atoms with van der Waals surface area (Å²) in [4.78, 5) is 13.2. The summed E-state index contributed by atoms with van der Waals surface area (Å²) in [5.41, 5.74) is 2.10. The van der Waals surface area contributed by atoms with Gasteiger partial charge in [0.2, 0.25) is 10.0 Å². The molecule has 0 radical (unpaired) electrons. The molecule has 26 heavy (non-hydrogen) atoms. The Hall–Kier alpha value is -2.45. The number of sulfonamides is 1. The smallest absolute Gasteiger partial charge is 0.414 e. The van der Waals surface area contributed by atoms with Crippen molar-refractivity contribution in [3.8, 4) is 0 Å². The first-order valence-electron chi connectivity index (χ1n) is 8.09. The van der Waals surface area contributed by atoms with Crippen LogP contribution < -0.4 is 9.62 Å². The molecule has 2 aromatic carbocycles. The summed E-state index contributed by atoms with van der Waals surface area (Å²) in [6.07, 6.45) is -1.27. The van der Waals surface area contributed by atoms with Crippen LogP contribution in [0, 0.1) is 12.7 Å². The number of nitrogens with one attached hydrogen (secondary N) is 1. The fraction of sp³-hybridized carbons (Fsp3) is 0.278. The van der Waals surface area contributed by atoms with Crippen LogP contribution >= 0.6 is 0 Å². The van der Waals surface area contributed by atoms with E-state index in [-0.39, 0.29) is 18.8 Å². The molecule has 8 heteroatoms. The van der Waals surface area contributed by atoms with Gasteiger partial charge < -0.3 is 4.74 Å². The zero-order chi connectivity index (χ0) is 18.7. The highest BCUT2D eigenvalue weighted by Gasteiger charge is 2.33. The van der Waals surface area contributed by atoms with Gasteiger partial charge in [0.1, 0.15) is 11.9 Å². The van der Waals surface area contributed by atoms with Gasteiger partial charge >= 0.3 is 6.09 Å². The predicted molar refractivity (Wildman–Crippen MR) is 95.8 cm³/mol. The van der Waals surface area contributed by atoms with E-state index < -0.39 is 28.0 Å². The number of hydrogen-bond acceptors (Lipinski definition) is 4. The molecule has 1 atom stereocenters. The third-order valence-corrected chi connectivity index (χ3v) is 5.32. The average Bonchev–Trinajstić information content (AvgIpc) is 2.96. The molecule has 0 bridgehead atoms. The second kappa shape index (κ2) is 7.43. The Bertz CT molecular complexity index is 900. The molecule has 1 aliphatic heterocycles.